The van der Waals surface area contributed by atoms with E-state index in [1.54, 1.807) is 11.9 Å². The summed E-state index contributed by atoms with van der Waals surface area (Å²) >= 11 is 0. The van der Waals surface area contributed by atoms with Crippen LogP contribution in [0.25, 0.3) is 0 Å². The van der Waals surface area contributed by atoms with E-state index in [0.717, 1.165) is 50.6 Å². The van der Waals surface area contributed by atoms with Gasteiger partial charge in [0.15, 0.2) is 17.2 Å². The van der Waals surface area contributed by atoms with Gasteiger partial charge in [-0.05, 0) is 24.1 Å². The molecule has 1 amide bonds. The molecule has 30 heavy (non-hydrogen) atoms. The average molecular weight is 415 g/mol. The van der Waals surface area contributed by atoms with Crippen molar-refractivity contribution in [3.8, 4) is 11.5 Å². The van der Waals surface area contributed by atoms with Gasteiger partial charge in [0, 0.05) is 46.3 Å². The molecule has 0 N–H and O–H groups in total. The number of hydrogen-bond donors (Lipinski definition) is 0. The van der Waals surface area contributed by atoms with Crippen molar-refractivity contribution in [3.05, 3.63) is 41.6 Å². The zero-order valence-electron chi connectivity index (χ0n) is 17.8. The van der Waals surface area contributed by atoms with Crippen LogP contribution in [0.2, 0.25) is 0 Å². The van der Waals surface area contributed by atoms with Gasteiger partial charge < -0.3 is 18.8 Å². The zero-order valence-corrected chi connectivity index (χ0v) is 17.8. The van der Waals surface area contributed by atoms with E-state index in [4.69, 9.17) is 13.9 Å². The molecule has 0 spiro atoms. The molecule has 0 bridgehead atoms. The number of fused-ring (bicyclic) bond motifs is 1. The van der Waals surface area contributed by atoms with Gasteiger partial charge in [-0.15, -0.1) is 0 Å². The number of carbonyl (C=O) groups excluding carboxylic acids is 1. The van der Waals surface area contributed by atoms with Gasteiger partial charge in [-0.3, -0.25) is 14.6 Å². The molecule has 0 aliphatic carbocycles. The maximum atomic E-state index is 12.3. The van der Waals surface area contributed by atoms with Gasteiger partial charge in [0.2, 0.25) is 5.89 Å². The molecule has 2 aliphatic heterocycles. The van der Waals surface area contributed by atoms with Crippen LogP contribution < -0.4 is 9.47 Å². The van der Waals surface area contributed by atoms with Crippen molar-refractivity contribution in [2.45, 2.75) is 26.4 Å². The van der Waals surface area contributed by atoms with Crippen molar-refractivity contribution in [3.63, 3.8) is 0 Å². The lowest BCUT2D eigenvalue weighted by Crippen LogP contribution is -2.45. The summed E-state index contributed by atoms with van der Waals surface area (Å²) in [5.74, 6) is 2.19. The van der Waals surface area contributed by atoms with E-state index in [0.29, 0.717) is 37.9 Å². The molecule has 0 unspecified atom stereocenters. The first-order chi connectivity index (χ1) is 14.6. The van der Waals surface area contributed by atoms with Crippen LogP contribution in [0.15, 0.2) is 28.9 Å². The quantitative estimate of drug-likeness (QED) is 0.688. The van der Waals surface area contributed by atoms with E-state index in [1.807, 2.05) is 13.0 Å². The first-order valence-corrected chi connectivity index (χ1v) is 10.7. The van der Waals surface area contributed by atoms with E-state index in [1.165, 1.54) is 11.8 Å². The molecule has 2 aromatic rings. The number of oxazole rings is 1. The van der Waals surface area contributed by atoms with Crippen molar-refractivity contribution < 1.29 is 18.7 Å². The minimum Gasteiger partial charge on any atom is -0.486 e. The Balaban J connectivity index is 1.26. The highest BCUT2D eigenvalue weighted by molar-refractivity contribution is 5.91. The van der Waals surface area contributed by atoms with Gasteiger partial charge in [0.25, 0.3) is 5.91 Å². The summed E-state index contributed by atoms with van der Waals surface area (Å²) in [6, 6.07) is 6.20. The third-order valence-electron chi connectivity index (χ3n) is 5.51. The molecule has 1 aromatic heterocycles. The molecule has 0 radical (unpaired) electrons. The molecular weight excluding hydrogens is 384 g/mol. The van der Waals surface area contributed by atoms with Crippen molar-refractivity contribution in [1.82, 2.24) is 19.7 Å². The summed E-state index contributed by atoms with van der Waals surface area (Å²) in [5.41, 5.74) is 1.62. The number of aromatic nitrogens is 1. The summed E-state index contributed by atoms with van der Waals surface area (Å²) in [7, 11) is 1.79. The topological polar surface area (TPSA) is 71.3 Å². The summed E-state index contributed by atoms with van der Waals surface area (Å²) in [6.07, 6.45) is 2.39. The van der Waals surface area contributed by atoms with Crippen molar-refractivity contribution in [1.29, 1.82) is 0 Å². The maximum absolute atomic E-state index is 12.3. The lowest BCUT2D eigenvalue weighted by molar-refractivity contribution is 0.0789. The van der Waals surface area contributed by atoms with Gasteiger partial charge in [0.05, 0.1) is 6.54 Å². The predicted molar refractivity (Wildman–Crippen MR) is 112 cm³/mol. The van der Waals surface area contributed by atoms with E-state index >= 15 is 0 Å². The second kappa shape index (κ2) is 9.49. The second-order valence-corrected chi connectivity index (χ2v) is 7.88. The normalized spacial score (nSPS) is 17.1. The number of hydrogen-bond acceptors (Lipinski definition) is 7. The van der Waals surface area contributed by atoms with Gasteiger partial charge in [0.1, 0.15) is 19.5 Å². The SMILES string of the molecule is CCCN(C)C(=O)c1coc(CN2CCN(Cc3ccc4c(c3)OCCO4)CC2)n1. The van der Waals surface area contributed by atoms with E-state index in [9.17, 15) is 4.79 Å². The van der Waals surface area contributed by atoms with E-state index in [-0.39, 0.29) is 5.91 Å². The minimum absolute atomic E-state index is 0.0869. The van der Waals surface area contributed by atoms with Crippen LogP contribution in [0.5, 0.6) is 11.5 Å². The van der Waals surface area contributed by atoms with Crippen LogP contribution in [0.4, 0.5) is 0 Å². The number of ether oxygens (including phenoxy) is 2. The summed E-state index contributed by atoms with van der Waals surface area (Å²) in [5, 5.41) is 0. The van der Waals surface area contributed by atoms with Crippen LogP contribution in [0.1, 0.15) is 35.3 Å². The molecule has 2 aliphatic rings. The van der Waals surface area contributed by atoms with Crippen LogP contribution in [0, 0.1) is 0 Å². The summed E-state index contributed by atoms with van der Waals surface area (Å²) < 4.78 is 16.8. The lowest BCUT2D eigenvalue weighted by atomic mass is 10.1. The third-order valence-corrected chi connectivity index (χ3v) is 5.51. The molecule has 8 heteroatoms. The van der Waals surface area contributed by atoms with Gasteiger partial charge in [-0.1, -0.05) is 13.0 Å². The smallest absolute Gasteiger partial charge is 0.275 e. The fourth-order valence-electron chi connectivity index (χ4n) is 3.86. The van der Waals surface area contributed by atoms with Crippen LogP contribution >= 0.6 is 0 Å². The first kappa shape index (κ1) is 20.7. The van der Waals surface area contributed by atoms with Crippen molar-refractivity contribution in [2.24, 2.45) is 0 Å². The van der Waals surface area contributed by atoms with Crippen LogP contribution in [0.3, 0.4) is 0 Å². The first-order valence-electron chi connectivity index (χ1n) is 10.7. The predicted octanol–water partition coefficient (Wildman–Crippen LogP) is 2.25. The molecule has 162 valence electrons. The second-order valence-electron chi connectivity index (χ2n) is 7.88. The zero-order chi connectivity index (χ0) is 20.9. The highest BCUT2D eigenvalue weighted by Crippen LogP contribution is 2.31. The Morgan fingerprint density at radius 1 is 1.07 bits per heavy atom. The summed E-state index contributed by atoms with van der Waals surface area (Å²) in [4.78, 5) is 23.1. The minimum atomic E-state index is -0.0869. The number of benzene rings is 1. The van der Waals surface area contributed by atoms with E-state index < -0.39 is 0 Å². The van der Waals surface area contributed by atoms with Crippen molar-refractivity contribution >= 4 is 5.91 Å². The Kier molecular flexibility index (Phi) is 6.54. The monoisotopic (exact) mass is 414 g/mol. The largest absolute Gasteiger partial charge is 0.486 e. The standard InChI is InChI=1S/C22H30N4O4/c1-3-6-24(2)22(27)18-16-30-21(23-18)15-26-9-7-25(8-10-26)14-17-4-5-19-20(13-17)29-12-11-28-19/h4-5,13,16H,3,6-12,14-15H2,1-2H3. The fraction of sp³-hybridized carbons (Fsp3) is 0.545. The number of amides is 1. The molecule has 8 nitrogen and oxygen atoms in total. The van der Waals surface area contributed by atoms with Gasteiger partial charge >= 0.3 is 0 Å². The fourth-order valence-corrected chi connectivity index (χ4v) is 3.86. The lowest BCUT2D eigenvalue weighted by Gasteiger charge is -2.34. The molecule has 1 saturated heterocycles. The Bertz CT molecular complexity index is 861. The highest BCUT2D eigenvalue weighted by Gasteiger charge is 2.21. The molecule has 0 saturated carbocycles. The average Bonchev–Trinajstić information content (AvgIpc) is 3.23. The molecular formula is C22H30N4O4. The number of rotatable bonds is 7. The highest BCUT2D eigenvalue weighted by atomic mass is 16.6. The molecule has 0 atom stereocenters. The van der Waals surface area contributed by atoms with Crippen LogP contribution in [-0.2, 0) is 13.1 Å². The van der Waals surface area contributed by atoms with Crippen LogP contribution in [-0.4, -0.2) is 78.6 Å². The number of piperazine rings is 1. The molecule has 3 heterocycles. The van der Waals surface area contributed by atoms with E-state index in [2.05, 4.69) is 26.9 Å². The number of carbonyl (C=O) groups is 1. The molecule has 1 fully saturated rings. The summed E-state index contributed by atoms with van der Waals surface area (Å²) in [6.45, 7) is 9.33. The van der Waals surface area contributed by atoms with Crippen molar-refractivity contribution in [2.75, 3.05) is 53.0 Å². The number of nitrogens with zero attached hydrogens (tertiary/aromatic N) is 4. The maximum Gasteiger partial charge on any atom is 0.275 e. The van der Waals surface area contributed by atoms with Gasteiger partial charge in [-0.2, -0.15) is 0 Å². The molecule has 1 aromatic carbocycles. The van der Waals surface area contributed by atoms with Gasteiger partial charge in [-0.25, -0.2) is 4.98 Å². The molecule has 4 rings (SSSR count). The Labute approximate surface area is 177 Å². The Morgan fingerprint density at radius 2 is 1.77 bits per heavy atom. The Hall–Kier alpha value is -2.58. The Morgan fingerprint density at radius 3 is 2.50 bits per heavy atom. The third kappa shape index (κ3) is 4.94.